The number of aromatic nitrogens is 3. The standard InChI is InChI=1S/C12H23N3/c1-8(2)10(5)7-15-11(6)13-14-12(15)9(3)4/h8-10H,7H2,1-6H3. The summed E-state index contributed by atoms with van der Waals surface area (Å²) in [6, 6.07) is 0. The maximum atomic E-state index is 4.24. The average Bonchev–Trinajstić information content (AvgIpc) is 2.48. The normalized spacial score (nSPS) is 13.9. The van der Waals surface area contributed by atoms with Gasteiger partial charge in [0, 0.05) is 12.5 Å². The summed E-state index contributed by atoms with van der Waals surface area (Å²) in [5.41, 5.74) is 0. The fourth-order valence-corrected chi connectivity index (χ4v) is 1.55. The molecule has 15 heavy (non-hydrogen) atoms. The molecule has 0 N–H and O–H groups in total. The first-order valence-electron chi connectivity index (χ1n) is 5.83. The molecular formula is C12H23N3. The van der Waals surface area contributed by atoms with Crippen molar-refractivity contribution in [2.75, 3.05) is 0 Å². The topological polar surface area (TPSA) is 30.7 Å². The molecule has 0 aliphatic rings. The lowest BCUT2D eigenvalue weighted by Gasteiger charge is -2.19. The van der Waals surface area contributed by atoms with Crippen molar-refractivity contribution in [3.8, 4) is 0 Å². The molecule has 0 amide bonds. The van der Waals surface area contributed by atoms with Crippen molar-refractivity contribution in [3.63, 3.8) is 0 Å². The summed E-state index contributed by atoms with van der Waals surface area (Å²) in [5, 5.41) is 8.40. The monoisotopic (exact) mass is 209 g/mol. The van der Waals surface area contributed by atoms with Gasteiger partial charge in [0.25, 0.3) is 0 Å². The number of hydrogen-bond donors (Lipinski definition) is 0. The van der Waals surface area contributed by atoms with Crippen molar-refractivity contribution in [3.05, 3.63) is 11.6 Å². The van der Waals surface area contributed by atoms with Crippen LogP contribution in [0.4, 0.5) is 0 Å². The Labute approximate surface area is 92.9 Å². The molecule has 0 saturated heterocycles. The van der Waals surface area contributed by atoms with Crippen LogP contribution in [0.3, 0.4) is 0 Å². The molecule has 1 unspecified atom stereocenters. The Balaban J connectivity index is 2.88. The van der Waals surface area contributed by atoms with E-state index in [9.17, 15) is 0 Å². The van der Waals surface area contributed by atoms with Gasteiger partial charge in [0.2, 0.25) is 0 Å². The van der Waals surface area contributed by atoms with Crippen LogP contribution in [0, 0.1) is 18.8 Å². The third-order valence-corrected chi connectivity index (χ3v) is 3.09. The summed E-state index contributed by atoms with van der Waals surface area (Å²) in [7, 11) is 0. The Bertz CT molecular complexity index is 313. The maximum absolute atomic E-state index is 4.24. The summed E-state index contributed by atoms with van der Waals surface area (Å²) in [5.74, 6) is 3.96. The van der Waals surface area contributed by atoms with Crippen LogP contribution < -0.4 is 0 Å². The molecule has 1 rings (SSSR count). The van der Waals surface area contributed by atoms with Gasteiger partial charge in [-0.15, -0.1) is 10.2 Å². The zero-order valence-corrected chi connectivity index (χ0v) is 10.8. The molecule has 3 nitrogen and oxygen atoms in total. The summed E-state index contributed by atoms with van der Waals surface area (Å²) >= 11 is 0. The lowest BCUT2D eigenvalue weighted by atomic mass is 9.98. The van der Waals surface area contributed by atoms with Gasteiger partial charge in [0.05, 0.1) is 0 Å². The van der Waals surface area contributed by atoms with Crippen LogP contribution in [-0.4, -0.2) is 14.8 Å². The van der Waals surface area contributed by atoms with Gasteiger partial charge < -0.3 is 4.57 Å². The van der Waals surface area contributed by atoms with Crippen LogP contribution in [0.1, 0.15) is 52.2 Å². The SMILES string of the molecule is Cc1nnc(C(C)C)n1CC(C)C(C)C. The smallest absolute Gasteiger partial charge is 0.135 e. The molecule has 86 valence electrons. The largest absolute Gasteiger partial charge is 0.315 e. The number of nitrogens with zero attached hydrogens (tertiary/aromatic N) is 3. The van der Waals surface area contributed by atoms with Crippen LogP contribution in [0.25, 0.3) is 0 Å². The lowest BCUT2D eigenvalue weighted by Crippen LogP contribution is -2.16. The molecular weight excluding hydrogens is 186 g/mol. The summed E-state index contributed by atoms with van der Waals surface area (Å²) in [4.78, 5) is 0. The van der Waals surface area contributed by atoms with Gasteiger partial charge in [-0.2, -0.15) is 0 Å². The van der Waals surface area contributed by atoms with Crippen molar-refractivity contribution < 1.29 is 0 Å². The van der Waals surface area contributed by atoms with E-state index in [0.717, 1.165) is 18.2 Å². The first-order valence-corrected chi connectivity index (χ1v) is 5.83. The first-order chi connectivity index (χ1) is 6.93. The van der Waals surface area contributed by atoms with E-state index in [2.05, 4.69) is 49.4 Å². The molecule has 0 fully saturated rings. The Morgan fingerprint density at radius 2 is 1.67 bits per heavy atom. The Hall–Kier alpha value is -0.860. The van der Waals surface area contributed by atoms with Crippen molar-refractivity contribution in [1.29, 1.82) is 0 Å². The van der Waals surface area contributed by atoms with E-state index in [1.807, 2.05) is 6.92 Å². The lowest BCUT2D eigenvalue weighted by molar-refractivity contribution is 0.354. The fraction of sp³-hybridized carbons (Fsp3) is 0.833. The fourth-order valence-electron chi connectivity index (χ4n) is 1.55. The predicted molar refractivity (Wildman–Crippen MR) is 62.9 cm³/mol. The molecule has 0 bridgehead atoms. The molecule has 3 heteroatoms. The van der Waals surface area contributed by atoms with Crippen LogP contribution in [0.5, 0.6) is 0 Å². The second-order valence-corrected chi connectivity index (χ2v) is 5.09. The van der Waals surface area contributed by atoms with Gasteiger partial charge >= 0.3 is 0 Å². The number of aryl methyl sites for hydroxylation is 1. The molecule has 0 aliphatic carbocycles. The highest BCUT2D eigenvalue weighted by Crippen LogP contribution is 2.18. The second-order valence-electron chi connectivity index (χ2n) is 5.09. The van der Waals surface area contributed by atoms with Crippen LogP contribution in [0.2, 0.25) is 0 Å². The number of hydrogen-bond acceptors (Lipinski definition) is 2. The summed E-state index contributed by atoms with van der Waals surface area (Å²) in [6.45, 7) is 14.2. The van der Waals surface area contributed by atoms with Gasteiger partial charge in [-0.05, 0) is 18.8 Å². The minimum Gasteiger partial charge on any atom is -0.315 e. The van der Waals surface area contributed by atoms with Gasteiger partial charge in [0.1, 0.15) is 11.6 Å². The van der Waals surface area contributed by atoms with Gasteiger partial charge in [-0.3, -0.25) is 0 Å². The zero-order valence-electron chi connectivity index (χ0n) is 10.8. The predicted octanol–water partition coefficient (Wildman–Crippen LogP) is 3.00. The van der Waals surface area contributed by atoms with Crippen molar-refractivity contribution in [2.24, 2.45) is 11.8 Å². The van der Waals surface area contributed by atoms with Crippen molar-refractivity contribution in [2.45, 2.75) is 54.0 Å². The molecule has 1 aromatic heterocycles. The molecule has 0 aliphatic heterocycles. The van der Waals surface area contributed by atoms with Gasteiger partial charge in [-0.1, -0.05) is 34.6 Å². The van der Waals surface area contributed by atoms with Gasteiger partial charge in [0.15, 0.2) is 0 Å². The highest BCUT2D eigenvalue weighted by molar-refractivity contribution is 4.98. The zero-order chi connectivity index (χ0) is 11.6. The minimum absolute atomic E-state index is 0.450. The molecule has 0 saturated carbocycles. The first kappa shape index (κ1) is 12.2. The van der Waals surface area contributed by atoms with Gasteiger partial charge in [-0.25, -0.2) is 0 Å². The van der Waals surface area contributed by atoms with Crippen molar-refractivity contribution >= 4 is 0 Å². The Kier molecular flexibility index (Phi) is 3.89. The summed E-state index contributed by atoms with van der Waals surface area (Å²) in [6.07, 6.45) is 0. The Morgan fingerprint density at radius 1 is 1.07 bits per heavy atom. The van der Waals surface area contributed by atoms with E-state index in [1.165, 1.54) is 0 Å². The third-order valence-electron chi connectivity index (χ3n) is 3.09. The van der Waals surface area contributed by atoms with E-state index in [-0.39, 0.29) is 0 Å². The maximum Gasteiger partial charge on any atom is 0.135 e. The highest BCUT2D eigenvalue weighted by atomic mass is 15.3. The van der Waals surface area contributed by atoms with E-state index in [4.69, 9.17) is 0 Å². The molecule has 1 aromatic rings. The quantitative estimate of drug-likeness (QED) is 0.763. The van der Waals surface area contributed by atoms with E-state index in [1.54, 1.807) is 0 Å². The molecule has 0 spiro atoms. The van der Waals surface area contributed by atoms with E-state index < -0.39 is 0 Å². The molecule has 0 radical (unpaired) electrons. The highest BCUT2D eigenvalue weighted by Gasteiger charge is 2.15. The molecule has 1 atom stereocenters. The van der Waals surface area contributed by atoms with Crippen LogP contribution >= 0.6 is 0 Å². The minimum atomic E-state index is 0.450. The summed E-state index contributed by atoms with van der Waals surface area (Å²) < 4.78 is 2.26. The Morgan fingerprint density at radius 3 is 2.13 bits per heavy atom. The van der Waals surface area contributed by atoms with E-state index >= 15 is 0 Å². The third kappa shape index (κ3) is 2.80. The van der Waals surface area contributed by atoms with E-state index in [0.29, 0.717) is 17.8 Å². The second kappa shape index (κ2) is 4.77. The van der Waals surface area contributed by atoms with Crippen LogP contribution in [-0.2, 0) is 6.54 Å². The molecule has 0 aromatic carbocycles. The van der Waals surface area contributed by atoms with Crippen LogP contribution in [0.15, 0.2) is 0 Å². The molecule has 1 heterocycles. The number of rotatable bonds is 4. The van der Waals surface area contributed by atoms with Crippen molar-refractivity contribution in [1.82, 2.24) is 14.8 Å². The average molecular weight is 209 g/mol.